The molecule has 1 saturated heterocycles. The molecule has 1 aliphatic rings. The van der Waals surface area contributed by atoms with Gasteiger partial charge in [0.15, 0.2) is 0 Å². The standard InChI is InChI=1S/C22H28N2O/c1-2-18-5-7-19(8-6-18)15-22(25)23-16-20-9-11-21(12-10-20)17-24-13-3-4-14-24/h5-12H,2-4,13-17H2,1H3,(H,23,25). The molecule has 0 bridgehead atoms. The van der Waals surface area contributed by atoms with Crippen LogP contribution in [0.1, 0.15) is 42.0 Å². The predicted molar refractivity (Wildman–Crippen MR) is 102 cm³/mol. The summed E-state index contributed by atoms with van der Waals surface area (Å²) in [5.41, 5.74) is 4.88. The number of rotatable bonds is 7. The van der Waals surface area contributed by atoms with E-state index in [1.165, 1.54) is 37.1 Å². The normalized spacial score (nSPS) is 14.6. The Labute approximate surface area is 151 Å². The molecule has 2 aromatic rings. The minimum atomic E-state index is 0.0744. The van der Waals surface area contributed by atoms with Crippen molar-refractivity contribution < 1.29 is 4.79 Å². The lowest BCUT2D eigenvalue weighted by Crippen LogP contribution is -2.24. The fourth-order valence-corrected chi connectivity index (χ4v) is 3.30. The van der Waals surface area contributed by atoms with Crippen molar-refractivity contribution >= 4 is 5.91 Å². The second kappa shape index (κ2) is 8.82. The van der Waals surface area contributed by atoms with Crippen LogP contribution >= 0.6 is 0 Å². The van der Waals surface area contributed by atoms with E-state index < -0.39 is 0 Å². The number of carbonyl (C=O) groups is 1. The molecule has 0 atom stereocenters. The van der Waals surface area contributed by atoms with E-state index in [-0.39, 0.29) is 5.91 Å². The maximum atomic E-state index is 12.1. The van der Waals surface area contributed by atoms with Gasteiger partial charge in [0.1, 0.15) is 0 Å². The largest absolute Gasteiger partial charge is 0.352 e. The highest BCUT2D eigenvalue weighted by Crippen LogP contribution is 2.13. The van der Waals surface area contributed by atoms with Crippen LogP contribution < -0.4 is 5.32 Å². The minimum Gasteiger partial charge on any atom is -0.352 e. The Hall–Kier alpha value is -2.13. The fraction of sp³-hybridized carbons (Fsp3) is 0.409. The molecular formula is C22H28N2O. The van der Waals surface area contributed by atoms with Gasteiger partial charge in [0.05, 0.1) is 6.42 Å². The van der Waals surface area contributed by atoms with Gasteiger partial charge in [-0.2, -0.15) is 0 Å². The maximum Gasteiger partial charge on any atom is 0.224 e. The van der Waals surface area contributed by atoms with Gasteiger partial charge in [-0.3, -0.25) is 9.69 Å². The summed E-state index contributed by atoms with van der Waals surface area (Å²) in [4.78, 5) is 14.6. The maximum absolute atomic E-state index is 12.1. The molecule has 3 rings (SSSR count). The molecule has 1 fully saturated rings. The third kappa shape index (κ3) is 5.43. The number of hydrogen-bond acceptors (Lipinski definition) is 2. The Kier molecular flexibility index (Phi) is 6.24. The van der Waals surface area contributed by atoms with Gasteiger partial charge in [-0.15, -0.1) is 0 Å². The Balaban J connectivity index is 1.44. The molecule has 0 spiro atoms. The summed E-state index contributed by atoms with van der Waals surface area (Å²) in [5.74, 6) is 0.0744. The molecule has 25 heavy (non-hydrogen) atoms. The van der Waals surface area contributed by atoms with E-state index in [1.54, 1.807) is 0 Å². The molecule has 3 nitrogen and oxygen atoms in total. The minimum absolute atomic E-state index is 0.0744. The van der Waals surface area contributed by atoms with E-state index in [0.717, 1.165) is 24.1 Å². The number of amides is 1. The summed E-state index contributed by atoms with van der Waals surface area (Å²) in [6.45, 7) is 6.21. The van der Waals surface area contributed by atoms with Crippen molar-refractivity contribution in [3.05, 3.63) is 70.8 Å². The van der Waals surface area contributed by atoms with Gasteiger partial charge in [-0.05, 0) is 54.6 Å². The molecule has 1 aliphatic heterocycles. The molecule has 1 amide bonds. The van der Waals surface area contributed by atoms with Crippen LogP contribution in [0.15, 0.2) is 48.5 Å². The second-order valence-corrected chi connectivity index (χ2v) is 6.92. The molecule has 1 heterocycles. The van der Waals surface area contributed by atoms with Gasteiger partial charge in [0, 0.05) is 13.1 Å². The molecule has 2 aromatic carbocycles. The van der Waals surface area contributed by atoms with Crippen molar-refractivity contribution in [1.29, 1.82) is 0 Å². The second-order valence-electron chi connectivity index (χ2n) is 6.92. The topological polar surface area (TPSA) is 32.3 Å². The van der Waals surface area contributed by atoms with Crippen molar-refractivity contribution in [3.8, 4) is 0 Å². The van der Waals surface area contributed by atoms with Crippen LogP contribution in [-0.2, 0) is 30.7 Å². The first-order valence-electron chi connectivity index (χ1n) is 9.37. The summed E-state index contributed by atoms with van der Waals surface area (Å²) < 4.78 is 0. The van der Waals surface area contributed by atoms with E-state index in [1.807, 2.05) is 12.1 Å². The van der Waals surface area contributed by atoms with Gasteiger partial charge in [-0.1, -0.05) is 55.5 Å². The molecule has 0 aliphatic carbocycles. The number of nitrogens with one attached hydrogen (secondary N) is 1. The third-order valence-corrected chi connectivity index (χ3v) is 4.91. The molecule has 3 heteroatoms. The number of benzene rings is 2. The first-order valence-corrected chi connectivity index (χ1v) is 9.37. The van der Waals surface area contributed by atoms with Crippen LogP contribution in [0, 0.1) is 0 Å². The van der Waals surface area contributed by atoms with Gasteiger partial charge in [-0.25, -0.2) is 0 Å². The predicted octanol–water partition coefficient (Wildman–Crippen LogP) is 3.70. The van der Waals surface area contributed by atoms with Crippen LogP contribution in [-0.4, -0.2) is 23.9 Å². The highest BCUT2D eigenvalue weighted by atomic mass is 16.1. The van der Waals surface area contributed by atoms with Crippen LogP contribution in [0.5, 0.6) is 0 Å². The molecule has 0 aromatic heterocycles. The number of nitrogens with zero attached hydrogens (tertiary/aromatic N) is 1. The highest BCUT2D eigenvalue weighted by molar-refractivity contribution is 5.78. The number of carbonyl (C=O) groups excluding carboxylic acids is 1. The zero-order valence-electron chi connectivity index (χ0n) is 15.1. The lowest BCUT2D eigenvalue weighted by atomic mass is 10.1. The number of likely N-dealkylation sites (tertiary alicyclic amines) is 1. The third-order valence-electron chi connectivity index (χ3n) is 4.91. The van der Waals surface area contributed by atoms with Crippen LogP contribution in [0.3, 0.4) is 0 Å². The van der Waals surface area contributed by atoms with Crippen LogP contribution in [0.2, 0.25) is 0 Å². The van der Waals surface area contributed by atoms with E-state index >= 15 is 0 Å². The Morgan fingerprint density at radius 2 is 1.44 bits per heavy atom. The lowest BCUT2D eigenvalue weighted by molar-refractivity contribution is -0.120. The number of aryl methyl sites for hydroxylation is 1. The average Bonchev–Trinajstić information content (AvgIpc) is 3.15. The van der Waals surface area contributed by atoms with E-state index in [4.69, 9.17) is 0 Å². The Morgan fingerprint density at radius 3 is 2.08 bits per heavy atom. The first-order chi connectivity index (χ1) is 12.2. The van der Waals surface area contributed by atoms with E-state index in [9.17, 15) is 4.79 Å². The molecule has 0 radical (unpaired) electrons. The summed E-state index contributed by atoms with van der Waals surface area (Å²) in [7, 11) is 0. The van der Waals surface area contributed by atoms with Gasteiger partial charge in [0.2, 0.25) is 5.91 Å². The first kappa shape index (κ1) is 17.7. The van der Waals surface area contributed by atoms with Gasteiger partial charge in [0.25, 0.3) is 0 Å². The summed E-state index contributed by atoms with van der Waals surface area (Å²) in [6, 6.07) is 16.9. The zero-order chi connectivity index (χ0) is 17.5. The Morgan fingerprint density at radius 1 is 0.880 bits per heavy atom. The fourth-order valence-electron chi connectivity index (χ4n) is 3.30. The van der Waals surface area contributed by atoms with Gasteiger partial charge >= 0.3 is 0 Å². The molecule has 0 saturated carbocycles. The van der Waals surface area contributed by atoms with Crippen molar-refractivity contribution in [2.24, 2.45) is 0 Å². The van der Waals surface area contributed by atoms with Crippen molar-refractivity contribution in [1.82, 2.24) is 10.2 Å². The molecule has 132 valence electrons. The SMILES string of the molecule is CCc1ccc(CC(=O)NCc2ccc(CN3CCCC3)cc2)cc1. The smallest absolute Gasteiger partial charge is 0.224 e. The number of hydrogen-bond donors (Lipinski definition) is 1. The summed E-state index contributed by atoms with van der Waals surface area (Å²) >= 11 is 0. The van der Waals surface area contributed by atoms with Crippen molar-refractivity contribution in [3.63, 3.8) is 0 Å². The zero-order valence-corrected chi connectivity index (χ0v) is 15.1. The Bertz CT molecular complexity index is 670. The highest BCUT2D eigenvalue weighted by Gasteiger charge is 2.11. The van der Waals surface area contributed by atoms with Gasteiger partial charge < -0.3 is 5.32 Å². The molecule has 1 N–H and O–H groups in total. The summed E-state index contributed by atoms with van der Waals surface area (Å²) in [5, 5.41) is 3.02. The molecular weight excluding hydrogens is 308 g/mol. The molecule has 0 unspecified atom stereocenters. The van der Waals surface area contributed by atoms with Crippen LogP contribution in [0.25, 0.3) is 0 Å². The monoisotopic (exact) mass is 336 g/mol. The van der Waals surface area contributed by atoms with E-state index in [0.29, 0.717) is 13.0 Å². The van der Waals surface area contributed by atoms with E-state index in [2.05, 4.69) is 53.5 Å². The summed E-state index contributed by atoms with van der Waals surface area (Å²) in [6.07, 6.45) is 4.12. The lowest BCUT2D eigenvalue weighted by Gasteiger charge is -2.14. The average molecular weight is 336 g/mol. The van der Waals surface area contributed by atoms with Crippen LogP contribution in [0.4, 0.5) is 0 Å². The van der Waals surface area contributed by atoms with Crippen molar-refractivity contribution in [2.75, 3.05) is 13.1 Å². The van der Waals surface area contributed by atoms with Crippen molar-refractivity contribution in [2.45, 2.75) is 45.7 Å². The quantitative estimate of drug-likeness (QED) is 0.836.